The number of hydrogen-bond acceptors (Lipinski definition) is 5. The summed E-state index contributed by atoms with van der Waals surface area (Å²) in [6.45, 7) is 0.667. The molecule has 0 bridgehead atoms. The summed E-state index contributed by atoms with van der Waals surface area (Å²) in [5.41, 5.74) is 0.639. The lowest BCUT2D eigenvalue weighted by Gasteiger charge is -2.36. The molecule has 4 aliphatic heterocycles. The van der Waals surface area contributed by atoms with E-state index in [1.807, 2.05) is 0 Å². The maximum absolute atomic E-state index is 13.8. The molecule has 0 saturated carbocycles. The van der Waals surface area contributed by atoms with E-state index in [1.165, 1.54) is 4.90 Å². The van der Waals surface area contributed by atoms with Crippen LogP contribution >= 0.6 is 11.6 Å². The zero-order valence-corrected chi connectivity index (χ0v) is 17.6. The van der Waals surface area contributed by atoms with Crippen LogP contribution in [-0.4, -0.2) is 42.3 Å². The molecule has 1 spiro atoms. The first-order valence-corrected chi connectivity index (χ1v) is 10.8. The van der Waals surface area contributed by atoms with Crippen molar-refractivity contribution in [3.05, 3.63) is 53.1 Å². The lowest BCUT2D eigenvalue weighted by atomic mass is 9.75. The van der Waals surface area contributed by atoms with Crippen LogP contribution in [0.4, 0.5) is 11.4 Å². The van der Waals surface area contributed by atoms with E-state index in [4.69, 9.17) is 16.3 Å². The number of anilines is 2. The second-order valence-corrected chi connectivity index (χ2v) is 8.96. The largest absolute Gasteiger partial charge is 0.497 e. The van der Waals surface area contributed by atoms with Crippen molar-refractivity contribution in [2.45, 2.75) is 24.4 Å². The summed E-state index contributed by atoms with van der Waals surface area (Å²) in [7, 11) is 1.56. The highest BCUT2D eigenvalue weighted by atomic mass is 35.5. The fourth-order valence-electron chi connectivity index (χ4n) is 6.16. The first-order valence-electron chi connectivity index (χ1n) is 10.4. The number of hydrogen-bond donors (Lipinski definition) is 1. The number of nitrogens with one attached hydrogen (secondary N) is 1. The van der Waals surface area contributed by atoms with E-state index < -0.39 is 17.4 Å². The molecule has 158 valence electrons. The van der Waals surface area contributed by atoms with Crippen molar-refractivity contribution in [1.82, 2.24) is 4.90 Å². The second kappa shape index (κ2) is 6.31. The Balaban J connectivity index is 1.53. The Morgan fingerprint density at radius 1 is 1.10 bits per heavy atom. The molecular weight excluding hydrogens is 418 g/mol. The summed E-state index contributed by atoms with van der Waals surface area (Å²) in [6, 6.07) is 11.9. The summed E-state index contributed by atoms with van der Waals surface area (Å²) < 4.78 is 5.20. The van der Waals surface area contributed by atoms with Gasteiger partial charge in [0.2, 0.25) is 17.7 Å². The van der Waals surface area contributed by atoms with Crippen molar-refractivity contribution in [3.63, 3.8) is 0 Å². The minimum atomic E-state index is -1.21. The topological polar surface area (TPSA) is 79.0 Å². The van der Waals surface area contributed by atoms with E-state index in [-0.39, 0.29) is 23.8 Å². The van der Waals surface area contributed by atoms with Gasteiger partial charge in [-0.1, -0.05) is 11.6 Å². The number of carbonyl (C=O) groups excluding carboxylic acids is 3. The van der Waals surface area contributed by atoms with E-state index in [9.17, 15) is 14.4 Å². The number of benzene rings is 2. The summed E-state index contributed by atoms with van der Waals surface area (Å²) >= 11 is 6.30. The number of rotatable bonds is 2. The molecule has 3 saturated heterocycles. The normalized spacial score (nSPS) is 31.2. The molecule has 0 aliphatic carbocycles. The van der Waals surface area contributed by atoms with E-state index in [0.29, 0.717) is 34.3 Å². The molecule has 3 fully saturated rings. The molecule has 4 aliphatic rings. The van der Waals surface area contributed by atoms with E-state index in [0.717, 1.165) is 12.8 Å². The Kier molecular flexibility index (Phi) is 3.83. The van der Waals surface area contributed by atoms with Crippen LogP contribution in [0.25, 0.3) is 0 Å². The van der Waals surface area contributed by atoms with Crippen molar-refractivity contribution in [2.75, 3.05) is 23.9 Å². The third kappa shape index (κ3) is 2.20. The number of imide groups is 1. The maximum Gasteiger partial charge on any atom is 0.250 e. The maximum atomic E-state index is 13.8. The van der Waals surface area contributed by atoms with Crippen LogP contribution in [0.1, 0.15) is 18.4 Å². The van der Waals surface area contributed by atoms with Gasteiger partial charge in [-0.3, -0.25) is 19.3 Å². The highest BCUT2D eigenvalue weighted by Gasteiger charge is 2.74. The molecule has 0 radical (unpaired) electrons. The van der Waals surface area contributed by atoms with E-state index >= 15 is 0 Å². The van der Waals surface area contributed by atoms with E-state index in [2.05, 4.69) is 10.2 Å². The smallest absolute Gasteiger partial charge is 0.250 e. The summed E-state index contributed by atoms with van der Waals surface area (Å²) in [4.78, 5) is 44.3. The zero-order chi connectivity index (χ0) is 21.5. The number of fused-ring (bicyclic) bond motifs is 7. The van der Waals surface area contributed by atoms with Gasteiger partial charge in [0.25, 0.3) is 0 Å². The average molecular weight is 438 g/mol. The van der Waals surface area contributed by atoms with Gasteiger partial charge in [-0.15, -0.1) is 0 Å². The van der Waals surface area contributed by atoms with Crippen LogP contribution in [-0.2, 0) is 19.9 Å². The summed E-state index contributed by atoms with van der Waals surface area (Å²) in [6.07, 6.45) is 1.66. The standard InChI is InChI=1S/C23H20ClN3O4/c1-31-14-7-5-13(6-8-14)27-20(28)18-17-3-2-10-26(17)23(19(18)21(27)29)15-11-12(24)4-9-16(15)25-22(23)30/h4-9,11,17-19H,2-3,10H2,1H3,(H,25,30)/t17-,18+,19+,23-/m0/s1. The number of halogens is 1. The molecule has 31 heavy (non-hydrogen) atoms. The van der Waals surface area contributed by atoms with Gasteiger partial charge in [-0.2, -0.15) is 0 Å². The van der Waals surface area contributed by atoms with Gasteiger partial charge in [0.15, 0.2) is 0 Å². The monoisotopic (exact) mass is 437 g/mol. The fraction of sp³-hybridized carbons (Fsp3) is 0.348. The first-order chi connectivity index (χ1) is 15.0. The summed E-state index contributed by atoms with van der Waals surface area (Å²) in [5, 5.41) is 3.45. The lowest BCUT2D eigenvalue weighted by molar-refractivity contribution is -0.135. The molecule has 4 heterocycles. The van der Waals surface area contributed by atoms with Crippen molar-refractivity contribution in [3.8, 4) is 5.75 Å². The molecule has 7 nitrogen and oxygen atoms in total. The van der Waals surface area contributed by atoms with Gasteiger partial charge in [0, 0.05) is 22.3 Å². The van der Waals surface area contributed by atoms with Crippen LogP contribution in [0.5, 0.6) is 5.75 Å². The molecule has 2 aromatic carbocycles. The van der Waals surface area contributed by atoms with Crippen molar-refractivity contribution < 1.29 is 19.1 Å². The van der Waals surface area contributed by atoms with E-state index in [1.54, 1.807) is 49.6 Å². The first kappa shape index (κ1) is 18.8. The molecule has 3 amide bonds. The van der Waals surface area contributed by atoms with Crippen LogP contribution in [0.2, 0.25) is 5.02 Å². The fourth-order valence-corrected chi connectivity index (χ4v) is 6.33. The highest BCUT2D eigenvalue weighted by Crippen LogP contribution is 2.60. The number of nitrogens with zero attached hydrogens (tertiary/aromatic N) is 2. The average Bonchev–Trinajstić information content (AvgIpc) is 3.47. The van der Waals surface area contributed by atoms with Gasteiger partial charge >= 0.3 is 0 Å². The Morgan fingerprint density at radius 3 is 2.61 bits per heavy atom. The Hall–Kier alpha value is -2.90. The van der Waals surface area contributed by atoms with Gasteiger partial charge in [-0.25, -0.2) is 4.90 Å². The molecule has 6 rings (SSSR count). The minimum Gasteiger partial charge on any atom is -0.497 e. The molecule has 8 heteroatoms. The Labute approximate surface area is 183 Å². The van der Waals surface area contributed by atoms with Crippen LogP contribution in [0, 0.1) is 11.8 Å². The van der Waals surface area contributed by atoms with Gasteiger partial charge in [-0.05, 0) is 61.9 Å². The SMILES string of the molecule is COc1ccc(N2C(=O)[C@@H]3[C@@H]4CCCN4[C@]4(C(=O)Nc5ccc(Cl)cc54)[C@H]3C2=O)cc1. The predicted octanol–water partition coefficient (Wildman–Crippen LogP) is 2.78. The number of amides is 3. The quantitative estimate of drug-likeness (QED) is 0.731. The predicted molar refractivity (Wildman–Crippen MR) is 114 cm³/mol. The van der Waals surface area contributed by atoms with Crippen molar-refractivity contribution in [2.24, 2.45) is 11.8 Å². The Morgan fingerprint density at radius 2 is 1.87 bits per heavy atom. The number of methoxy groups -OCH3 is 1. The third-order valence-electron chi connectivity index (χ3n) is 7.29. The minimum absolute atomic E-state index is 0.152. The third-order valence-corrected chi connectivity index (χ3v) is 7.52. The van der Waals surface area contributed by atoms with Gasteiger partial charge in [0.1, 0.15) is 11.3 Å². The van der Waals surface area contributed by atoms with Crippen molar-refractivity contribution >= 4 is 40.7 Å². The molecule has 4 atom stereocenters. The Bertz CT molecular complexity index is 1150. The second-order valence-electron chi connectivity index (χ2n) is 8.53. The lowest BCUT2D eigenvalue weighted by Crippen LogP contribution is -2.54. The number of ether oxygens (including phenoxy) is 1. The summed E-state index contributed by atoms with van der Waals surface area (Å²) in [5.74, 6) is -1.53. The number of carbonyl (C=O) groups is 3. The molecular formula is C23H20ClN3O4. The molecule has 0 unspecified atom stereocenters. The van der Waals surface area contributed by atoms with Crippen LogP contribution in [0.3, 0.4) is 0 Å². The van der Waals surface area contributed by atoms with Crippen LogP contribution < -0.4 is 15.0 Å². The molecule has 2 aromatic rings. The molecule has 0 aromatic heterocycles. The van der Waals surface area contributed by atoms with Gasteiger partial charge < -0.3 is 10.1 Å². The molecule has 1 N–H and O–H groups in total. The van der Waals surface area contributed by atoms with Gasteiger partial charge in [0.05, 0.1) is 24.6 Å². The van der Waals surface area contributed by atoms with Crippen molar-refractivity contribution in [1.29, 1.82) is 0 Å². The van der Waals surface area contributed by atoms with Crippen LogP contribution in [0.15, 0.2) is 42.5 Å². The highest BCUT2D eigenvalue weighted by molar-refractivity contribution is 6.31. The zero-order valence-electron chi connectivity index (χ0n) is 16.8.